The Hall–Kier alpha value is -8.62. The third-order valence-electron chi connectivity index (χ3n) is 13.3. The zero-order chi connectivity index (χ0) is 53.9. The van der Waals surface area contributed by atoms with Crippen LogP contribution in [-0.2, 0) is 53.9 Å². The molecule has 0 spiro atoms. The van der Waals surface area contributed by atoms with E-state index in [2.05, 4.69) is 37.4 Å². The summed E-state index contributed by atoms with van der Waals surface area (Å²) in [6.45, 7) is 13.3. The van der Waals surface area contributed by atoms with E-state index >= 15 is 0 Å². The van der Waals surface area contributed by atoms with Crippen LogP contribution in [0.25, 0.3) is 16.7 Å². The van der Waals surface area contributed by atoms with Crippen LogP contribution >= 0.6 is 0 Å². The number of allylic oxidation sites excluding steroid dienone is 6. The topological polar surface area (TPSA) is 198 Å². The summed E-state index contributed by atoms with van der Waals surface area (Å²) in [7, 11) is 0. The maximum Gasteiger partial charge on any atom is 0.342 e. The first kappa shape index (κ1) is 54.2. The third-order valence-corrected chi connectivity index (χ3v) is 13.3. The molecule has 5 aromatic rings. The number of hydrogen-bond acceptors (Lipinski definition) is 12. The maximum absolute atomic E-state index is 13.7. The van der Waals surface area contributed by atoms with E-state index in [1.807, 2.05) is 107 Å². The van der Waals surface area contributed by atoms with Gasteiger partial charge in [0.2, 0.25) is 0 Å². The van der Waals surface area contributed by atoms with Crippen LogP contribution in [0.5, 0.6) is 5.75 Å². The van der Waals surface area contributed by atoms with Crippen molar-refractivity contribution in [2.75, 3.05) is 19.8 Å². The Bertz CT molecular complexity index is 3020. The van der Waals surface area contributed by atoms with Gasteiger partial charge in [0, 0.05) is 12.2 Å². The van der Waals surface area contributed by atoms with Crippen LogP contribution in [0.15, 0.2) is 171 Å². The molecule has 0 aromatic heterocycles. The minimum atomic E-state index is -1.60. The van der Waals surface area contributed by atoms with Crippen LogP contribution in [0.1, 0.15) is 94.6 Å². The summed E-state index contributed by atoms with van der Waals surface area (Å²) in [5.41, 5.74) is 5.67. The molecule has 14 heteroatoms. The predicted octanol–water partition coefficient (Wildman–Crippen LogP) is 10.6. The van der Waals surface area contributed by atoms with Crippen molar-refractivity contribution in [3.63, 3.8) is 0 Å². The Morgan fingerprint density at radius 2 is 1.29 bits per heavy atom. The lowest BCUT2D eigenvalue weighted by Gasteiger charge is -2.35. The van der Waals surface area contributed by atoms with E-state index in [0.717, 1.165) is 56.7 Å². The van der Waals surface area contributed by atoms with Gasteiger partial charge in [0.15, 0.2) is 12.7 Å². The molecule has 5 aromatic carbocycles. The predicted molar refractivity (Wildman–Crippen MR) is 280 cm³/mol. The van der Waals surface area contributed by atoms with Gasteiger partial charge in [-0.15, -0.1) is 0 Å². The van der Waals surface area contributed by atoms with E-state index in [9.17, 15) is 39.0 Å². The van der Waals surface area contributed by atoms with Crippen molar-refractivity contribution in [1.29, 1.82) is 0 Å². The van der Waals surface area contributed by atoms with E-state index in [0.29, 0.717) is 11.3 Å². The second kappa shape index (κ2) is 23.9. The van der Waals surface area contributed by atoms with Crippen LogP contribution in [0.4, 0.5) is 0 Å². The number of benzene rings is 5. The van der Waals surface area contributed by atoms with Gasteiger partial charge in [0.25, 0.3) is 6.29 Å². The molecule has 4 unspecified atom stereocenters. The molecular weight excluding hydrogens is 957 g/mol. The lowest BCUT2D eigenvalue weighted by Crippen LogP contribution is -2.38. The lowest BCUT2D eigenvalue weighted by atomic mass is 9.67. The number of carbonyl (C=O) groups is 6. The summed E-state index contributed by atoms with van der Waals surface area (Å²) in [5.74, 6) is -7.37. The smallest absolute Gasteiger partial charge is 0.342 e. The molecule has 7 rings (SSSR count). The minimum Gasteiger partial charge on any atom is -0.486 e. The summed E-state index contributed by atoms with van der Waals surface area (Å²) < 4.78 is 34.6. The lowest BCUT2D eigenvalue weighted by molar-refractivity contribution is -0.173. The molecule has 0 amide bonds. The number of esters is 4. The molecule has 386 valence electrons. The number of carboxylic acids is 2. The SMILES string of the molecule is C=CC(=O)OCC(COC(C)(C)c1ccc(C2(c3ccc(OCC(OC(=O)C=C)OC(=O)c4cc(C(/C=C\C)=C/C)ccc4C(=O)O)cc3)c3ccccc3-c3ccccc32)cc1)OC(=O)C1CC=CCC1C(=O)O. The van der Waals surface area contributed by atoms with Crippen molar-refractivity contribution in [2.45, 2.75) is 63.9 Å². The number of carboxylic acid groups (broad SMARTS) is 2. The molecule has 2 aliphatic rings. The van der Waals surface area contributed by atoms with E-state index in [1.165, 1.54) is 12.1 Å². The summed E-state index contributed by atoms with van der Waals surface area (Å²) in [4.78, 5) is 75.9. The molecule has 4 atom stereocenters. The van der Waals surface area contributed by atoms with E-state index < -0.39 is 77.7 Å². The highest BCUT2D eigenvalue weighted by atomic mass is 16.7. The highest BCUT2D eigenvalue weighted by molar-refractivity contribution is 6.03. The summed E-state index contributed by atoms with van der Waals surface area (Å²) in [5, 5.41) is 19.7. The fourth-order valence-corrected chi connectivity index (χ4v) is 9.52. The van der Waals surface area contributed by atoms with Crippen molar-refractivity contribution in [3.8, 4) is 16.9 Å². The van der Waals surface area contributed by atoms with Gasteiger partial charge in [0.1, 0.15) is 12.4 Å². The molecule has 75 heavy (non-hydrogen) atoms. The fourth-order valence-electron chi connectivity index (χ4n) is 9.52. The highest BCUT2D eigenvalue weighted by Gasteiger charge is 2.46. The third kappa shape index (κ3) is 11.9. The Balaban J connectivity index is 1.15. The highest BCUT2D eigenvalue weighted by Crippen LogP contribution is 2.56. The first-order valence-electron chi connectivity index (χ1n) is 24.3. The second-order valence-corrected chi connectivity index (χ2v) is 18.2. The number of fused-ring (bicyclic) bond motifs is 3. The Morgan fingerprint density at radius 1 is 0.693 bits per heavy atom. The Kier molecular flexibility index (Phi) is 17.3. The van der Waals surface area contributed by atoms with Gasteiger partial charge in [-0.25, -0.2) is 19.2 Å². The fraction of sp³-hybridized carbons (Fsp3) is 0.246. The van der Waals surface area contributed by atoms with Crippen LogP contribution in [0.3, 0.4) is 0 Å². The number of hydrogen-bond donors (Lipinski definition) is 2. The Morgan fingerprint density at radius 3 is 1.87 bits per heavy atom. The quantitative estimate of drug-likeness (QED) is 0.0163. The minimum absolute atomic E-state index is 0.182. The number of aliphatic carboxylic acids is 1. The molecule has 0 fully saturated rings. The van der Waals surface area contributed by atoms with Crippen molar-refractivity contribution in [3.05, 3.63) is 215 Å². The van der Waals surface area contributed by atoms with Gasteiger partial charge >= 0.3 is 35.8 Å². The molecule has 0 saturated carbocycles. The summed E-state index contributed by atoms with van der Waals surface area (Å²) >= 11 is 0. The first-order valence-corrected chi connectivity index (χ1v) is 24.3. The largest absolute Gasteiger partial charge is 0.486 e. The number of rotatable bonds is 22. The van der Waals surface area contributed by atoms with Gasteiger partial charge < -0.3 is 38.6 Å². The summed E-state index contributed by atoms with van der Waals surface area (Å²) in [6, 6.07) is 36.0. The van der Waals surface area contributed by atoms with Crippen molar-refractivity contribution in [1.82, 2.24) is 0 Å². The molecular formula is C61H58O14. The van der Waals surface area contributed by atoms with Crippen LogP contribution in [-0.4, -0.2) is 78.2 Å². The standard InChI is InChI=1S/C61H58O14/c1-7-17-38(8-2)39-24-33-48(57(66)67)50(34-39)59(69)75-55(74-54(63)10-4)37-70-43-31-29-42(30-32-43)61(51-22-15-13-18-45(51)46-19-14-16-23-52(46)61)41-27-25-40(26-28-41)60(5,6)72-36-44(35-71-53(62)9-3)73-58(68)49-21-12-11-20-47(49)56(64)65/h7-19,22-34,44,47,49,55H,3-4,20-21,35-37H2,1-2,5-6H3,(H,64,65)(H,66,67)/b17-7-,38-8+. The van der Waals surface area contributed by atoms with Crippen LogP contribution in [0, 0.1) is 11.8 Å². The maximum atomic E-state index is 13.7. The normalized spacial score (nSPS) is 16.3. The number of carbonyl (C=O) groups excluding carboxylic acids is 4. The molecule has 14 nitrogen and oxygen atoms in total. The van der Waals surface area contributed by atoms with Gasteiger partial charge in [-0.1, -0.05) is 135 Å². The van der Waals surface area contributed by atoms with E-state index in [-0.39, 0.29) is 37.2 Å². The Labute approximate surface area is 435 Å². The van der Waals surface area contributed by atoms with Crippen molar-refractivity contribution in [2.24, 2.45) is 11.8 Å². The average molecular weight is 1020 g/mol. The van der Waals surface area contributed by atoms with E-state index in [1.54, 1.807) is 30.4 Å². The zero-order valence-corrected chi connectivity index (χ0v) is 42.1. The molecule has 0 saturated heterocycles. The average Bonchev–Trinajstić information content (AvgIpc) is 3.73. The zero-order valence-electron chi connectivity index (χ0n) is 42.1. The first-order chi connectivity index (χ1) is 36.0. The molecule has 2 N–H and O–H groups in total. The number of ether oxygens (including phenoxy) is 6. The molecule has 0 bridgehead atoms. The van der Waals surface area contributed by atoms with Crippen molar-refractivity contribution < 1.29 is 67.4 Å². The van der Waals surface area contributed by atoms with Gasteiger partial charge in [-0.2, -0.15) is 0 Å². The molecule has 0 heterocycles. The van der Waals surface area contributed by atoms with Crippen LogP contribution in [0.2, 0.25) is 0 Å². The molecule has 0 radical (unpaired) electrons. The second-order valence-electron chi connectivity index (χ2n) is 18.2. The summed E-state index contributed by atoms with van der Waals surface area (Å²) in [6.07, 6.45) is 8.54. The molecule has 0 aliphatic heterocycles. The van der Waals surface area contributed by atoms with Gasteiger partial charge in [0.05, 0.1) is 40.6 Å². The van der Waals surface area contributed by atoms with Crippen LogP contribution < -0.4 is 4.74 Å². The molecule has 2 aliphatic carbocycles. The monoisotopic (exact) mass is 1010 g/mol. The number of aromatic carboxylic acids is 1. The van der Waals surface area contributed by atoms with Gasteiger partial charge in [-0.05, 0) is 115 Å². The van der Waals surface area contributed by atoms with Crippen molar-refractivity contribution >= 4 is 41.4 Å². The van der Waals surface area contributed by atoms with E-state index in [4.69, 9.17) is 28.4 Å². The van der Waals surface area contributed by atoms with Gasteiger partial charge in [-0.3, -0.25) is 9.59 Å².